The fraction of sp³-hybridized carbons (Fsp3) is 0.292. The van der Waals surface area contributed by atoms with Gasteiger partial charge in [0.25, 0.3) is 0 Å². The Hall–Kier alpha value is -3.41. The minimum Gasteiger partial charge on any atom is -0.457 e. The first-order valence-corrected chi connectivity index (χ1v) is 10.5. The molecule has 0 bridgehead atoms. The summed E-state index contributed by atoms with van der Waals surface area (Å²) >= 11 is 0. The highest BCUT2D eigenvalue weighted by Gasteiger charge is 2.25. The fourth-order valence-corrected chi connectivity index (χ4v) is 4.24. The number of nitrogens with zero attached hydrogens (tertiary/aromatic N) is 4. The average Bonchev–Trinajstić information content (AvgIpc) is 3.17. The topological polar surface area (TPSA) is 78.9 Å². The van der Waals surface area contributed by atoms with Crippen LogP contribution >= 0.6 is 0 Å². The molecule has 0 saturated heterocycles. The summed E-state index contributed by atoms with van der Waals surface area (Å²) in [5.74, 6) is 2.83. The third-order valence-corrected chi connectivity index (χ3v) is 5.96. The van der Waals surface area contributed by atoms with Crippen molar-refractivity contribution in [1.29, 1.82) is 0 Å². The highest BCUT2D eigenvalue weighted by Crippen LogP contribution is 2.37. The SMILES string of the molecule is CC1CCC(n2nc(-c3ccc(Oc4ccccc4)cc3)c3c(N)ncnc32)CC1. The summed E-state index contributed by atoms with van der Waals surface area (Å²) in [5, 5.41) is 5.80. The molecule has 2 N–H and O–H groups in total. The number of fused-ring (bicyclic) bond motifs is 1. The lowest BCUT2D eigenvalue weighted by Crippen LogP contribution is -2.18. The molecule has 0 spiro atoms. The molecule has 0 amide bonds. The molecule has 0 atom stereocenters. The number of hydrogen-bond donors (Lipinski definition) is 1. The van der Waals surface area contributed by atoms with Gasteiger partial charge in [0.2, 0.25) is 0 Å². The summed E-state index contributed by atoms with van der Waals surface area (Å²) in [6.45, 7) is 2.32. The molecule has 2 heterocycles. The van der Waals surface area contributed by atoms with E-state index < -0.39 is 0 Å². The molecule has 0 aliphatic heterocycles. The van der Waals surface area contributed by atoms with Gasteiger partial charge in [0, 0.05) is 5.56 Å². The molecule has 30 heavy (non-hydrogen) atoms. The smallest absolute Gasteiger partial charge is 0.164 e. The Balaban J connectivity index is 1.51. The zero-order valence-corrected chi connectivity index (χ0v) is 17.0. The lowest BCUT2D eigenvalue weighted by molar-refractivity contribution is 0.278. The van der Waals surface area contributed by atoms with Gasteiger partial charge < -0.3 is 10.5 Å². The largest absolute Gasteiger partial charge is 0.457 e. The summed E-state index contributed by atoms with van der Waals surface area (Å²) in [6, 6.07) is 18.0. The van der Waals surface area contributed by atoms with Crippen molar-refractivity contribution >= 4 is 16.9 Å². The van der Waals surface area contributed by atoms with Crippen LogP contribution in [0.5, 0.6) is 11.5 Å². The number of benzene rings is 2. The number of anilines is 1. The molecular weight excluding hydrogens is 374 g/mol. The van der Waals surface area contributed by atoms with Gasteiger partial charge in [-0.2, -0.15) is 5.10 Å². The fourth-order valence-electron chi connectivity index (χ4n) is 4.24. The van der Waals surface area contributed by atoms with Gasteiger partial charge in [-0.15, -0.1) is 0 Å². The minimum atomic E-state index is 0.354. The first kappa shape index (κ1) is 18.6. The van der Waals surface area contributed by atoms with Crippen LogP contribution in [0.2, 0.25) is 0 Å². The first-order valence-electron chi connectivity index (χ1n) is 10.5. The standard InChI is InChI=1S/C24H25N5O/c1-16-7-11-18(12-8-16)29-24-21(23(25)26-15-27-24)22(28-29)17-9-13-20(14-10-17)30-19-5-3-2-4-6-19/h2-6,9-10,13-16,18H,7-8,11-12H2,1H3,(H2,25,26,27). The third-order valence-electron chi connectivity index (χ3n) is 5.96. The van der Waals surface area contributed by atoms with Gasteiger partial charge in [-0.3, -0.25) is 0 Å². The second kappa shape index (κ2) is 7.78. The van der Waals surface area contributed by atoms with Gasteiger partial charge in [0.15, 0.2) is 5.65 Å². The predicted octanol–water partition coefficient (Wildman–Crippen LogP) is 5.62. The van der Waals surface area contributed by atoms with Gasteiger partial charge >= 0.3 is 0 Å². The van der Waals surface area contributed by atoms with Crippen molar-refractivity contribution in [2.24, 2.45) is 5.92 Å². The van der Waals surface area contributed by atoms with Gasteiger partial charge in [0.1, 0.15) is 29.3 Å². The highest BCUT2D eigenvalue weighted by atomic mass is 16.5. The van der Waals surface area contributed by atoms with Crippen LogP contribution in [0.25, 0.3) is 22.3 Å². The van der Waals surface area contributed by atoms with E-state index in [0.29, 0.717) is 11.9 Å². The number of ether oxygens (including phenoxy) is 1. The van der Waals surface area contributed by atoms with Crippen LogP contribution in [0, 0.1) is 5.92 Å². The van der Waals surface area contributed by atoms with Crippen LogP contribution < -0.4 is 10.5 Å². The molecule has 1 aliphatic carbocycles. The van der Waals surface area contributed by atoms with Gasteiger partial charge in [-0.1, -0.05) is 25.1 Å². The number of nitrogens with two attached hydrogens (primary N) is 1. The van der Waals surface area contributed by atoms with E-state index in [1.807, 2.05) is 54.6 Å². The summed E-state index contributed by atoms with van der Waals surface area (Å²) in [5.41, 5.74) is 8.89. The minimum absolute atomic E-state index is 0.354. The molecule has 1 fully saturated rings. The Morgan fingerprint density at radius 3 is 2.33 bits per heavy atom. The molecule has 2 aromatic heterocycles. The van der Waals surface area contributed by atoms with Crippen molar-refractivity contribution in [1.82, 2.24) is 19.7 Å². The van der Waals surface area contributed by atoms with Crippen LogP contribution in [-0.2, 0) is 0 Å². The van der Waals surface area contributed by atoms with Crippen molar-refractivity contribution in [3.63, 3.8) is 0 Å². The van der Waals surface area contributed by atoms with Crippen LogP contribution in [0.3, 0.4) is 0 Å². The van der Waals surface area contributed by atoms with E-state index in [4.69, 9.17) is 15.6 Å². The lowest BCUT2D eigenvalue weighted by atomic mass is 9.87. The zero-order chi connectivity index (χ0) is 20.5. The Labute approximate surface area is 175 Å². The average molecular weight is 399 g/mol. The number of para-hydroxylation sites is 1. The summed E-state index contributed by atoms with van der Waals surface area (Å²) in [7, 11) is 0. The Morgan fingerprint density at radius 1 is 0.900 bits per heavy atom. The van der Waals surface area contributed by atoms with E-state index in [1.54, 1.807) is 0 Å². The monoisotopic (exact) mass is 399 g/mol. The van der Waals surface area contributed by atoms with Crippen molar-refractivity contribution < 1.29 is 4.74 Å². The maximum Gasteiger partial charge on any atom is 0.164 e. The van der Waals surface area contributed by atoms with Crippen molar-refractivity contribution in [2.45, 2.75) is 38.6 Å². The van der Waals surface area contributed by atoms with Gasteiger partial charge in [-0.25, -0.2) is 14.6 Å². The molecular formula is C24H25N5O. The van der Waals surface area contributed by atoms with E-state index in [1.165, 1.54) is 19.2 Å². The van der Waals surface area contributed by atoms with E-state index in [-0.39, 0.29) is 0 Å². The molecule has 0 unspecified atom stereocenters. The lowest BCUT2D eigenvalue weighted by Gasteiger charge is -2.26. The van der Waals surface area contributed by atoms with Crippen molar-refractivity contribution in [2.75, 3.05) is 5.73 Å². The second-order valence-electron chi connectivity index (χ2n) is 8.10. The molecule has 1 saturated carbocycles. The molecule has 5 rings (SSSR count). The van der Waals surface area contributed by atoms with Gasteiger partial charge in [-0.05, 0) is 68.0 Å². The molecule has 6 heteroatoms. The summed E-state index contributed by atoms with van der Waals surface area (Å²) < 4.78 is 7.99. The first-order chi connectivity index (χ1) is 14.7. The number of rotatable bonds is 4. The predicted molar refractivity (Wildman–Crippen MR) is 118 cm³/mol. The summed E-state index contributed by atoms with van der Waals surface area (Å²) in [6.07, 6.45) is 6.19. The molecule has 152 valence electrons. The van der Waals surface area contributed by atoms with Crippen LogP contribution in [0.4, 0.5) is 5.82 Å². The zero-order valence-electron chi connectivity index (χ0n) is 17.0. The second-order valence-corrected chi connectivity index (χ2v) is 8.10. The highest BCUT2D eigenvalue weighted by molar-refractivity contribution is 5.98. The van der Waals surface area contributed by atoms with Crippen molar-refractivity contribution in [3.8, 4) is 22.8 Å². The molecule has 6 nitrogen and oxygen atoms in total. The van der Waals surface area contributed by atoms with Crippen LogP contribution in [0.1, 0.15) is 38.6 Å². The van der Waals surface area contributed by atoms with Gasteiger partial charge in [0.05, 0.1) is 11.4 Å². The summed E-state index contributed by atoms with van der Waals surface area (Å²) in [4.78, 5) is 8.77. The Bertz CT molecular complexity index is 1150. The Kier molecular flexibility index (Phi) is 4.83. The normalized spacial score (nSPS) is 19.1. The molecule has 1 aliphatic rings. The van der Waals surface area contributed by atoms with E-state index >= 15 is 0 Å². The molecule has 2 aromatic carbocycles. The third kappa shape index (κ3) is 3.49. The van der Waals surface area contributed by atoms with Crippen LogP contribution in [0.15, 0.2) is 60.9 Å². The number of nitrogen functional groups attached to an aromatic ring is 1. The maximum absolute atomic E-state index is 6.26. The van der Waals surface area contributed by atoms with E-state index in [9.17, 15) is 0 Å². The van der Waals surface area contributed by atoms with E-state index in [0.717, 1.165) is 52.5 Å². The Morgan fingerprint density at radius 2 is 1.60 bits per heavy atom. The maximum atomic E-state index is 6.26. The van der Waals surface area contributed by atoms with E-state index in [2.05, 4.69) is 21.6 Å². The van der Waals surface area contributed by atoms with Crippen molar-refractivity contribution in [3.05, 3.63) is 60.9 Å². The number of aromatic nitrogens is 4. The number of hydrogen-bond acceptors (Lipinski definition) is 5. The molecule has 4 aromatic rings. The molecule has 0 radical (unpaired) electrons. The van der Waals surface area contributed by atoms with Crippen LogP contribution in [-0.4, -0.2) is 19.7 Å². The quantitative estimate of drug-likeness (QED) is 0.482.